The molecule has 4 rings (SSSR count). The third-order valence-corrected chi connectivity index (χ3v) is 17.0. The molecule has 0 aromatic heterocycles. The van der Waals surface area contributed by atoms with Gasteiger partial charge in [-0.3, -0.25) is 14.0 Å². The van der Waals surface area contributed by atoms with Crippen LogP contribution in [0.2, 0.25) is 0 Å². The van der Waals surface area contributed by atoms with Crippen LogP contribution in [0.1, 0.15) is 146 Å². The first-order valence-electron chi connectivity index (χ1n) is 26.8. The van der Waals surface area contributed by atoms with Crippen LogP contribution >= 0.6 is 0 Å². The molecule has 478 valence electrons. The van der Waals surface area contributed by atoms with Crippen molar-refractivity contribution < 1.29 is 99.5 Å². The van der Waals surface area contributed by atoms with Crippen LogP contribution in [0.4, 0.5) is 51.7 Å². The first-order chi connectivity index (χ1) is 38.7. The molecule has 12 N–H and O–H groups in total. The number of ether oxygens (including phenoxy) is 2. The molecule has 0 aliphatic heterocycles. The van der Waals surface area contributed by atoms with Gasteiger partial charge in [-0.25, -0.2) is 79.9 Å². The van der Waals surface area contributed by atoms with Gasteiger partial charge >= 0.3 is 18.2 Å². The van der Waals surface area contributed by atoms with Crippen LogP contribution in [-0.2, 0) is 58.8 Å². The molecular formula is C49H79F7N8O15S4. The van der Waals surface area contributed by atoms with E-state index < -0.39 is 184 Å². The highest BCUT2D eigenvalue weighted by molar-refractivity contribution is 7.92. The monoisotopic (exact) mass is 1280 g/mol. The number of hydrogen-bond donors (Lipinski definition) is 9. The van der Waals surface area contributed by atoms with Crippen LogP contribution in [0.3, 0.4) is 0 Å². The Morgan fingerprint density at radius 3 is 1.14 bits per heavy atom. The van der Waals surface area contributed by atoms with E-state index in [9.17, 15) is 70.4 Å². The smallest absolute Gasteiger partial charge is 0.407 e. The van der Waals surface area contributed by atoms with Crippen molar-refractivity contribution in [3.8, 4) is 0 Å². The summed E-state index contributed by atoms with van der Waals surface area (Å²) in [6.45, 7) is 11.2. The average molecular weight is 1280 g/mol. The Hall–Kier alpha value is -5.29. The number of sulfone groups is 2. The summed E-state index contributed by atoms with van der Waals surface area (Å²) >= 11 is 0. The summed E-state index contributed by atoms with van der Waals surface area (Å²) in [6, 6.07) is -1.06. The number of halogens is 7. The number of alkyl halides is 1. The number of alkyl carbamates (subject to hydrolysis) is 2. The number of anilines is 2. The van der Waals surface area contributed by atoms with E-state index in [4.69, 9.17) is 32.0 Å². The molecule has 0 radical (unpaired) electrons. The van der Waals surface area contributed by atoms with E-state index in [1.807, 2.05) is 20.8 Å². The third kappa shape index (κ3) is 26.3. The van der Waals surface area contributed by atoms with Gasteiger partial charge in [0, 0.05) is 44.7 Å². The second-order valence-corrected chi connectivity index (χ2v) is 28.0. The van der Waals surface area contributed by atoms with E-state index >= 15 is 13.2 Å². The Bertz CT molecular complexity index is 3000. The number of carbonyl (C=O) groups is 4. The second kappa shape index (κ2) is 34.0. The van der Waals surface area contributed by atoms with Gasteiger partial charge in [-0.05, 0) is 67.2 Å². The van der Waals surface area contributed by atoms with Crippen molar-refractivity contribution in [2.75, 3.05) is 55.5 Å². The minimum atomic E-state index is -5.11. The molecule has 2 fully saturated rings. The van der Waals surface area contributed by atoms with Crippen molar-refractivity contribution in [1.82, 2.24) is 16.0 Å². The van der Waals surface area contributed by atoms with Gasteiger partial charge in [-0.2, -0.15) is 0 Å². The van der Waals surface area contributed by atoms with E-state index in [0.717, 1.165) is 38.5 Å². The normalized spacial score (nSPS) is 15.2. The lowest BCUT2D eigenvalue weighted by Gasteiger charge is -2.25. The Morgan fingerprint density at radius 2 is 0.831 bits per heavy atom. The van der Waals surface area contributed by atoms with Gasteiger partial charge in [0.1, 0.15) is 21.0 Å². The molecule has 0 unspecified atom stereocenters. The van der Waals surface area contributed by atoms with Crippen molar-refractivity contribution in [3.63, 3.8) is 0 Å². The minimum Gasteiger partial charge on any atom is -0.481 e. The molecule has 2 aliphatic carbocycles. The number of hydrogen-bond acceptors (Lipinski definition) is 17. The lowest BCUT2D eigenvalue weighted by atomic mass is 9.96. The highest BCUT2D eigenvalue weighted by Crippen LogP contribution is 2.39. The fourth-order valence-electron chi connectivity index (χ4n) is 8.10. The van der Waals surface area contributed by atoms with Crippen LogP contribution in [0.5, 0.6) is 0 Å². The van der Waals surface area contributed by atoms with Crippen LogP contribution in [-0.4, -0.2) is 131 Å². The fourth-order valence-corrected chi connectivity index (χ4v) is 12.4. The number of primary sulfonamides is 2. The van der Waals surface area contributed by atoms with Crippen molar-refractivity contribution in [2.24, 2.45) is 16.0 Å². The van der Waals surface area contributed by atoms with E-state index in [1.54, 1.807) is 20.8 Å². The number of amides is 3. The Kier molecular flexibility index (Phi) is 30.2. The van der Waals surface area contributed by atoms with Gasteiger partial charge in [-0.1, -0.05) is 64.2 Å². The van der Waals surface area contributed by atoms with Gasteiger partial charge in [0.05, 0.1) is 37.8 Å². The molecule has 2 saturated carbocycles. The van der Waals surface area contributed by atoms with Crippen molar-refractivity contribution >= 4 is 75.2 Å². The van der Waals surface area contributed by atoms with E-state index in [-0.39, 0.29) is 13.1 Å². The van der Waals surface area contributed by atoms with E-state index in [0.29, 0.717) is 64.5 Å². The summed E-state index contributed by atoms with van der Waals surface area (Å²) in [4.78, 5) is 39.0. The van der Waals surface area contributed by atoms with Gasteiger partial charge in [0.2, 0.25) is 26.0 Å². The summed E-state index contributed by atoms with van der Waals surface area (Å²) in [7, 11) is -20.9. The quantitative estimate of drug-likeness (QED) is 0.0403. The zero-order valence-corrected chi connectivity index (χ0v) is 50.4. The molecule has 2 aromatic rings. The molecule has 3 amide bonds. The molecule has 0 atom stereocenters. The summed E-state index contributed by atoms with van der Waals surface area (Å²) < 4.78 is 213. The van der Waals surface area contributed by atoms with Crippen LogP contribution < -0.4 is 42.6 Å². The highest BCUT2D eigenvalue weighted by Gasteiger charge is 2.39. The molecular weight excluding hydrogens is 1200 g/mol. The summed E-state index contributed by atoms with van der Waals surface area (Å²) in [5.41, 5.74) is 1.93. The molecule has 0 spiro atoms. The number of sulfonamides is 2. The number of carbonyl (C=O) groups excluding carboxylic acids is 3. The highest BCUT2D eigenvalue weighted by atomic mass is 32.2. The molecule has 34 heteroatoms. The fraction of sp³-hybridized carbons (Fsp3) is 0.673. The Labute approximate surface area is 482 Å². The zero-order valence-electron chi connectivity index (χ0n) is 48.1. The van der Waals surface area contributed by atoms with Gasteiger partial charge < -0.3 is 46.9 Å². The lowest BCUT2D eigenvalue weighted by Crippen LogP contribution is -2.38. The summed E-state index contributed by atoms with van der Waals surface area (Å²) in [5.74, 6) is -17.0. The van der Waals surface area contributed by atoms with Gasteiger partial charge in [-0.15, -0.1) is 0 Å². The number of carboxylic acid groups (broad SMARTS) is 1. The molecule has 2 aromatic carbocycles. The Morgan fingerprint density at radius 1 is 0.530 bits per heavy atom. The number of nitrogens with two attached hydrogens (primary N) is 3. The standard InChI is InChI=1S/C24H37F3N4O7S2.C17H23F3N2O6S2.C7H16N2O2.CH3F/c1-24(2,3)38-23(33)30-13-12-29-16(32)11-14-39(34,35)22-18(26)17(25)21(40(28,36)37)19(27)20(22)31-15-9-7-5-4-6-8-10-15;18-12-13(19)17(29(25,26)9-8-11(23)24)15(14(20)16(12)30(21,27)28)22-10-6-4-2-1-3-5-7-10;1-7(2,3)11-6(10)9-5-4-8;1-2/h15,31H,4-14H2,1-3H3,(H,29,32)(H,30,33)(H2,28,36,37);10,22H,1-9H2,(H,23,24)(H2,21,27,28);4-5,8H2,1-3H3,(H,9,10);1H3/i;;;1D. The number of benzene rings is 2. The topological polar surface area (TPSA) is 382 Å². The number of carboxylic acids is 1. The maximum atomic E-state index is 15.4. The molecule has 0 heterocycles. The maximum absolute atomic E-state index is 15.4. The first-order valence-corrected chi connectivity index (χ1v) is 32.5. The van der Waals surface area contributed by atoms with Gasteiger partial charge in [0.25, 0.3) is 0 Å². The van der Waals surface area contributed by atoms with Crippen molar-refractivity contribution in [3.05, 3.63) is 34.9 Å². The van der Waals surface area contributed by atoms with Crippen LogP contribution in [0.25, 0.3) is 0 Å². The van der Waals surface area contributed by atoms with E-state index in [1.165, 1.54) is 0 Å². The second-order valence-electron chi connectivity index (χ2n) is 20.9. The largest absolute Gasteiger partial charge is 0.481 e. The molecule has 2 aliphatic rings. The number of nitrogens with one attached hydrogen (secondary N) is 5. The molecule has 83 heavy (non-hydrogen) atoms. The lowest BCUT2D eigenvalue weighted by molar-refractivity contribution is -0.136. The number of rotatable bonds is 19. The zero-order chi connectivity index (χ0) is 64.6. The average Bonchev–Trinajstić information content (AvgIpc) is 3.33. The van der Waals surface area contributed by atoms with Crippen LogP contribution in [0.15, 0.2) is 19.6 Å². The number of aliphatic carboxylic acids is 1. The summed E-state index contributed by atoms with van der Waals surface area (Å²) in [5, 5.41) is 30.8. The third-order valence-electron chi connectivity index (χ3n) is 11.7. The molecule has 0 bridgehead atoms. The van der Waals surface area contributed by atoms with Crippen molar-refractivity contribution in [2.45, 2.75) is 187 Å². The van der Waals surface area contributed by atoms with Crippen LogP contribution in [0, 0.1) is 34.9 Å². The predicted molar refractivity (Wildman–Crippen MR) is 293 cm³/mol. The van der Waals surface area contributed by atoms with E-state index in [2.05, 4.69) is 26.6 Å². The molecule has 0 saturated heterocycles. The maximum Gasteiger partial charge on any atom is 0.407 e. The molecule has 23 nitrogen and oxygen atoms in total. The SMILES string of the molecule is CC(C)(C)OC(=O)NCCN.CC(C)(C)OC(=O)NCCNC(=O)CCS(=O)(=O)c1c(F)c(F)c(S(N)(=O)=O)c(F)c1NC1CCCCCCC1.NS(=O)(=O)c1c(F)c(F)c(S(=O)(=O)CCC(=O)O)c(NC2CCCCCCC2)c1F.[2H]CF. The van der Waals surface area contributed by atoms with Crippen molar-refractivity contribution in [1.29, 1.82) is 0 Å². The first kappa shape index (κ1) is 73.8. The minimum absolute atomic E-state index is 0.0388. The van der Waals surface area contributed by atoms with Gasteiger partial charge in [0.15, 0.2) is 64.4 Å². The summed E-state index contributed by atoms with van der Waals surface area (Å²) in [6.07, 6.45) is 7.39. The predicted octanol–water partition coefficient (Wildman–Crippen LogP) is 6.66. The Balaban J connectivity index is 0.000000700.